The smallest absolute Gasteiger partial charge is 0.410 e. The van der Waals surface area contributed by atoms with Gasteiger partial charge in [-0.05, 0) is 23.3 Å². The lowest BCUT2D eigenvalue weighted by molar-refractivity contribution is -0.0296. The topological polar surface area (TPSA) is 76.1 Å². The summed E-state index contributed by atoms with van der Waals surface area (Å²) in [6.07, 6.45) is -0.667. The molecule has 1 amide bonds. The predicted octanol–water partition coefficient (Wildman–Crippen LogP) is 3.09. The van der Waals surface area contributed by atoms with Gasteiger partial charge >= 0.3 is 12.1 Å². The first-order valence-electron chi connectivity index (χ1n) is 8.04. The third-order valence-corrected chi connectivity index (χ3v) is 4.06. The van der Waals surface area contributed by atoms with Gasteiger partial charge in [0, 0.05) is 6.54 Å². The number of aromatic carboxylic acids is 1. The third-order valence-electron chi connectivity index (χ3n) is 4.06. The van der Waals surface area contributed by atoms with Crippen LogP contribution in [0.2, 0.25) is 0 Å². The molecule has 0 saturated carbocycles. The van der Waals surface area contributed by atoms with Gasteiger partial charge in [-0.15, -0.1) is 0 Å². The van der Waals surface area contributed by atoms with E-state index in [-0.39, 0.29) is 24.4 Å². The Morgan fingerprint density at radius 1 is 1.12 bits per heavy atom. The number of hydrogen-bond acceptors (Lipinski definition) is 4. The van der Waals surface area contributed by atoms with E-state index in [1.807, 2.05) is 30.3 Å². The van der Waals surface area contributed by atoms with Gasteiger partial charge in [0.1, 0.15) is 12.7 Å². The summed E-state index contributed by atoms with van der Waals surface area (Å²) >= 11 is 0. The third kappa shape index (κ3) is 4.36. The highest BCUT2D eigenvalue weighted by molar-refractivity contribution is 5.87. The maximum Gasteiger partial charge on any atom is 0.410 e. The van der Waals surface area contributed by atoms with Crippen LogP contribution in [-0.4, -0.2) is 41.8 Å². The second kappa shape index (κ2) is 7.81. The fourth-order valence-corrected chi connectivity index (χ4v) is 2.67. The van der Waals surface area contributed by atoms with Gasteiger partial charge < -0.3 is 19.5 Å². The van der Waals surface area contributed by atoms with Crippen LogP contribution < -0.4 is 0 Å². The zero-order chi connectivity index (χ0) is 17.6. The van der Waals surface area contributed by atoms with Gasteiger partial charge in [0.15, 0.2) is 0 Å². The molecular formula is C19H19NO5. The van der Waals surface area contributed by atoms with Gasteiger partial charge in [-0.1, -0.05) is 42.5 Å². The number of hydrogen-bond donors (Lipinski definition) is 1. The summed E-state index contributed by atoms with van der Waals surface area (Å²) in [5, 5.41) is 8.95. The maximum atomic E-state index is 12.3. The van der Waals surface area contributed by atoms with E-state index >= 15 is 0 Å². The largest absolute Gasteiger partial charge is 0.478 e. The molecule has 1 aliphatic heterocycles. The zero-order valence-corrected chi connectivity index (χ0v) is 13.6. The highest BCUT2D eigenvalue weighted by Gasteiger charge is 2.26. The molecule has 2 aromatic carbocycles. The lowest BCUT2D eigenvalue weighted by Crippen LogP contribution is -2.42. The van der Waals surface area contributed by atoms with E-state index in [4.69, 9.17) is 14.6 Å². The number of benzene rings is 2. The van der Waals surface area contributed by atoms with E-state index in [0.717, 1.165) is 11.1 Å². The summed E-state index contributed by atoms with van der Waals surface area (Å²) in [6, 6.07) is 16.0. The average Bonchev–Trinajstić information content (AvgIpc) is 2.67. The molecule has 6 nitrogen and oxygen atoms in total. The fraction of sp³-hybridized carbons (Fsp3) is 0.263. The number of amides is 1. The van der Waals surface area contributed by atoms with Crippen molar-refractivity contribution in [3.8, 4) is 0 Å². The van der Waals surface area contributed by atoms with E-state index in [1.54, 1.807) is 17.0 Å². The molecular weight excluding hydrogens is 322 g/mol. The molecule has 2 aromatic rings. The molecule has 1 fully saturated rings. The minimum absolute atomic E-state index is 0.221. The molecule has 25 heavy (non-hydrogen) atoms. The van der Waals surface area contributed by atoms with Crippen LogP contribution in [0.1, 0.15) is 27.6 Å². The summed E-state index contributed by atoms with van der Waals surface area (Å²) in [5.41, 5.74) is 1.99. The van der Waals surface area contributed by atoms with Crippen LogP contribution in [0.5, 0.6) is 0 Å². The normalized spacial score (nSPS) is 17.1. The fourth-order valence-electron chi connectivity index (χ4n) is 2.67. The quantitative estimate of drug-likeness (QED) is 0.925. The van der Waals surface area contributed by atoms with E-state index in [2.05, 4.69) is 0 Å². The van der Waals surface area contributed by atoms with Gasteiger partial charge in [-0.2, -0.15) is 0 Å². The summed E-state index contributed by atoms with van der Waals surface area (Å²) in [4.78, 5) is 24.8. The minimum Gasteiger partial charge on any atom is -0.478 e. The van der Waals surface area contributed by atoms with Crippen LogP contribution in [0.4, 0.5) is 4.79 Å². The first kappa shape index (κ1) is 17.0. The number of morpholine rings is 1. The van der Waals surface area contributed by atoms with Crippen molar-refractivity contribution in [3.05, 3.63) is 71.3 Å². The van der Waals surface area contributed by atoms with Crippen molar-refractivity contribution in [2.75, 3.05) is 19.7 Å². The molecule has 1 N–H and O–H groups in total. The Hall–Kier alpha value is -2.86. The van der Waals surface area contributed by atoms with Crippen molar-refractivity contribution in [3.63, 3.8) is 0 Å². The van der Waals surface area contributed by atoms with Crippen molar-refractivity contribution in [1.82, 2.24) is 4.90 Å². The summed E-state index contributed by atoms with van der Waals surface area (Å²) in [6.45, 7) is 1.48. The van der Waals surface area contributed by atoms with Crippen LogP contribution in [0.15, 0.2) is 54.6 Å². The molecule has 0 radical (unpaired) electrons. The molecule has 130 valence electrons. The number of nitrogens with zero attached hydrogens (tertiary/aromatic N) is 1. The molecule has 3 rings (SSSR count). The first-order valence-corrected chi connectivity index (χ1v) is 8.04. The van der Waals surface area contributed by atoms with Gasteiger partial charge in [0.05, 0.1) is 18.7 Å². The zero-order valence-electron chi connectivity index (χ0n) is 13.6. The summed E-state index contributed by atoms with van der Waals surface area (Å²) in [5.74, 6) is -0.970. The second-order valence-corrected chi connectivity index (χ2v) is 5.77. The molecule has 0 spiro atoms. The number of carboxylic acids is 1. The SMILES string of the molecule is O=C(O)c1ccc([C@H]2CN(C(=O)OCc3ccccc3)CCO2)cc1. The van der Waals surface area contributed by atoms with Crippen LogP contribution in [0, 0.1) is 0 Å². The summed E-state index contributed by atoms with van der Waals surface area (Å²) in [7, 11) is 0. The molecule has 0 aromatic heterocycles. The van der Waals surface area contributed by atoms with E-state index in [1.165, 1.54) is 12.1 Å². The monoisotopic (exact) mass is 341 g/mol. The lowest BCUT2D eigenvalue weighted by Gasteiger charge is -2.32. The Morgan fingerprint density at radius 3 is 2.52 bits per heavy atom. The number of rotatable bonds is 4. The van der Waals surface area contributed by atoms with E-state index < -0.39 is 5.97 Å². The van der Waals surface area contributed by atoms with Crippen molar-refractivity contribution in [2.45, 2.75) is 12.7 Å². The van der Waals surface area contributed by atoms with Crippen molar-refractivity contribution < 1.29 is 24.2 Å². The standard InChI is InChI=1S/C19H19NO5/c21-18(22)16-8-6-15(7-9-16)17-12-20(10-11-24-17)19(23)25-13-14-4-2-1-3-5-14/h1-9,17H,10-13H2,(H,21,22)/t17-/m1/s1. The number of carbonyl (C=O) groups is 2. The Bertz CT molecular complexity index is 729. The molecule has 6 heteroatoms. The molecule has 1 atom stereocenters. The average molecular weight is 341 g/mol. The number of carboxylic acid groups (broad SMARTS) is 1. The Balaban J connectivity index is 1.58. The van der Waals surface area contributed by atoms with Crippen LogP contribution in [0.25, 0.3) is 0 Å². The Kier molecular flexibility index (Phi) is 5.30. The van der Waals surface area contributed by atoms with Gasteiger partial charge in [0.2, 0.25) is 0 Å². The lowest BCUT2D eigenvalue weighted by atomic mass is 10.1. The van der Waals surface area contributed by atoms with Crippen molar-refractivity contribution >= 4 is 12.1 Å². The van der Waals surface area contributed by atoms with Crippen LogP contribution in [-0.2, 0) is 16.1 Å². The van der Waals surface area contributed by atoms with Gasteiger partial charge in [0.25, 0.3) is 0 Å². The number of carbonyl (C=O) groups excluding carboxylic acids is 1. The molecule has 1 saturated heterocycles. The molecule has 0 bridgehead atoms. The Labute approximate surface area is 145 Å². The molecule has 0 unspecified atom stereocenters. The first-order chi connectivity index (χ1) is 12.1. The molecule has 0 aliphatic carbocycles. The van der Waals surface area contributed by atoms with E-state index in [0.29, 0.717) is 19.7 Å². The van der Waals surface area contributed by atoms with Crippen LogP contribution >= 0.6 is 0 Å². The predicted molar refractivity (Wildman–Crippen MR) is 90.3 cm³/mol. The highest BCUT2D eigenvalue weighted by atomic mass is 16.6. The molecule has 1 aliphatic rings. The van der Waals surface area contributed by atoms with E-state index in [9.17, 15) is 9.59 Å². The number of ether oxygens (including phenoxy) is 2. The Morgan fingerprint density at radius 2 is 1.84 bits per heavy atom. The maximum absolute atomic E-state index is 12.3. The minimum atomic E-state index is -0.970. The van der Waals surface area contributed by atoms with Gasteiger partial charge in [-0.25, -0.2) is 9.59 Å². The highest BCUT2D eigenvalue weighted by Crippen LogP contribution is 2.23. The van der Waals surface area contributed by atoms with Crippen LogP contribution in [0.3, 0.4) is 0 Å². The van der Waals surface area contributed by atoms with Crippen molar-refractivity contribution in [1.29, 1.82) is 0 Å². The van der Waals surface area contributed by atoms with Crippen molar-refractivity contribution in [2.24, 2.45) is 0 Å². The second-order valence-electron chi connectivity index (χ2n) is 5.77. The van der Waals surface area contributed by atoms with Gasteiger partial charge in [-0.3, -0.25) is 0 Å². The molecule has 1 heterocycles. The summed E-state index contributed by atoms with van der Waals surface area (Å²) < 4.78 is 11.1.